The Morgan fingerprint density at radius 2 is 1.65 bits per heavy atom. The Hall–Kier alpha value is -2.57. The van der Waals surface area contributed by atoms with Crippen molar-refractivity contribution in [1.29, 1.82) is 0 Å². The van der Waals surface area contributed by atoms with Crippen LogP contribution in [0, 0.1) is 10.1 Å². The number of nitro benzene ring substituents is 1. The summed E-state index contributed by atoms with van der Waals surface area (Å²) in [5.41, 5.74) is -0.345. The highest BCUT2D eigenvalue weighted by Crippen LogP contribution is 2.37. The summed E-state index contributed by atoms with van der Waals surface area (Å²) in [6, 6.07) is 9.32. The highest BCUT2D eigenvalue weighted by atomic mass is 19.4. The Bertz CT molecular complexity index is 837. The average molecular weight is 280 g/mol. The van der Waals surface area contributed by atoms with E-state index in [4.69, 9.17) is 0 Å². The summed E-state index contributed by atoms with van der Waals surface area (Å²) in [5, 5.41) is 11.3. The maximum absolute atomic E-state index is 13.2. The molecule has 0 spiro atoms. The third-order valence-corrected chi connectivity index (χ3v) is 3.12. The molecule has 0 atom stereocenters. The molecule has 0 bridgehead atoms. The number of hydrogen-bond acceptors (Lipinski definition) is 2. The lowest BCUT2D eigenvalue weighted by atomic mass is 10.1. The summed E-state index contributed by atoms with van der Waals surface area (Å²) in [4.78, 5) is 10.1. The maximum atomic E-state index is 13.2. The highest BCUT2D eigenvalue weighted by Gasteiger charge is 2.34. The van der Waals surface area contributed by atoms with Gasteiger partial charge in [-0.15, -0.1) is 13.2 Å². The van der Waals surface area contributed by atoms with Crippen LogP contribution in [0.5, 0.6) is 0 Å². The van der Waals surface area contributed by atoms with Crippen LogP contribution in [-0.2, 0) is 6.30 Å². The van der Waals surface area contributed by atoms with Gasteiger partial charge in [-0.2, -0.15) is 0 Å². The largest absolute Gasteiger partial charge is 0.489 e. The molecule has 20 heavy (non-hydrogen) atoms. The van der Waals surface area contributed by atoms with Gasteiger partial charge < -0.3 is 0 Å². The molecule has 0 aliphatic carbocycles. The molecular formula is C13H7F3N2O2. The van der Waals surface area contributed by atoms with E-state index >= 15 is 0 Å². The molecule has 102 valence electrons. The molecule has 0 aliphatic heterocycles. The number of alkyl halides is 3. The number of nitrogens with zero attached hydrogens (tertiary/aromatic N) is 2. The molecular weight excluding hydrogens is 273 g/mol. The summed E-state index contributed by atoms with van der Waals surface area (Å²) in [6.07, 6.45) is -4.59. The van der Waals surface area contributed by atoms with Crippen LogP contribution in [0.25, 0.3) is 21.8 Å². The van der Waals surface area contributed by atoms with Crippen molar-refractivity contribution in [3.63, 3.8) is 0 Å². The topological polar surface area (TPSA) is 48.1 Å². The lowest BCUT2D eigenvalue weighted by molar-refractivity contribution is -0.384. The van der Waals surface area contributed by atoms with E-state index in [2.05, 4.69) is 0 Å². The van der Waals surface area contributed by atoms with Crippen LogP contribution in [0.3, 0.4) is 0 Å². The van der Waals surface area contributed by atoms with E-state index in [1.807, 2.05) is 0 Å². The monoisotopic (exact) mass is 280 g/mol. The standard InChI is InChI=1S/C13H7F3N2O2/c14-13(15,16)17-11-4-2-1-3-9(11)10-7-8(18(19)20)5-6-12(10)17/h1-7H. The first-order valence-corrected chi connectivity index (χ1v) is 5.64. The van der Waals surface area contributed by atoms with Crippen molar-refractivity contribution in [2.75, 3.05) is 0 Å². The first-order chi connectivity index (χ1) is 9.39. The minimum atomic E-state index is -4.59. The first kappa shape index (κ1) is 12.5. The number of non-ortho nitro benzene ring substituents is 1. The summed E-state index contributed by atoms with van der Waals surface area (Å²) in [7, 11) is 0. The van der Waals surface area contributed by atoms with Crippen molar-refractivity contribution >= 4 is 27.5 Å². The number of benzene rings is 2. The molecule has 0 saturated heterocycles. The number of hydrogen-bond donors (Lipinski definition) is 0. The molecule has 2 aromatic carbocycles. The second-order valence-corrected chi connectivity index (χ2v) is 4.28. The predicted octanol–water partition coefficient (Wildman–Crippen LogP) is 4.18. The molecule has 3 aromatic rings. The zero-order valence-electron chi connectivity index (χ0n) is 9.89. The molecule has 3 rings (SSSR count). The van der Waals surface area contributed by atoms with E-state index in [1.165, 1.54) is 24.3 Å². The molecule has 7 heteroatoms. The van der Waals surface area contributed by atoms with Gasteiger partial charge in [0.2, 0.25) is 0 Å². The van der Waals surface area contributed by atoms with Crippen LogP contribution in [-0.4, -0.2) is 9.49 Å². The fraction of sp³-hybridized carbons (Fsp3) is 0.0769. The Kier molecular flexibility index (Phi) is 2.47. The fourth-order valence-electron chi connectivity index (χ4n) is 2.35. The van der Waals surface area contributed by atoms with E-state index in [-0.39, 0.29) is 26.7 Å². The normalized spacial score (nSPS) is 12.2. The average Bonchev–Trinajstić information content (AvgIpc) is 2.71. The number of aromatic nitrogens is 1. The van der Waals surface area contributed by atoms with Crippen molar-refractivity contribution in [2.45, 2.75) is 6.30 Å². The molecule has 0 unspecified atom stereocenters. The van der Waals surface area contributed by atoms with Gasteiger partial charge in [0.25, 0.3) is 5.69 Å². The summed E-state index contributed by atoms with van der Waals surface area (Å²) >= 11 is 0. The zero-order chi connectivity index (χ0) is 14.5. The van der Waals surface area contributed by atoms with Crippen LogP contribution in [0.1, 0.15) is 0 Å². The minimum absolute atomic E-state index is 0.0181. The quantitative estimate of drug-likeness (QED) is 0.496. The zero-order valence-corrected chi connectivity index (χ0v) is 9.89. The third kappa shape index (κ3) is 1.70. The van der Waals surface area contributed by atoms with Gasteiger partial charge in [-0.1, -0.05) is 18.2 Å². The fourth-order valence-corrected chi connectivity index (χ4v) is 2.35. The Labute approximate surface area is 110 Å². The van der Waals surface area contributed by atoms with Gasteiger partial charge in [0, 0.05) is 22.9 Å². The minimum Gasteiger partial charge on any atom is -0.258 e. The summed E-state index contributed by atoms with van der Waals surface area (Å²) in [5.74, 6) is 0. The number of nitro groups is 1. The van der Waals surface area contributed by atoms with Gasteiger partial charge in [-0.25, -0.2) is 0 Å². The number of halogens is 3. The Balaban J connectivity index is 2.51. The second kappa shape index (κ2) is 3.96. The van der Waals surface area contributed by atoms with Gasteiger partial charge >= 0.3 is 6.30 Å². The van der Waals surface area contributed by atoms with Gasteiger partial charge in [0.15, 0.2) is 0 Å². The molecule has 0 fully saturated rings. The molecule has 0 N–H and O–H groups in total. The molecule has 0 radical (unpaired) electrons. The van der Waals surface area contributed by atoms with Gasteiger partial charge in [-0.05, 0) is 12.1 Å². The number of fused-ring (bicyclic) bond motifs is 3. The first-order valence-electron chi connectivity index (χ1n) is 5.64. The van der Waals surface area contributed by atoms with Crippen LogP contribution < -0.4 is 0 Å². The highest BCUT2D eigenvalue weighted by molar-refractivity contribution is 6.08. The number of rotatable bonds is 1. The second-order valence-electron chi connectivity index (χ2n) is 4.28. The lowest BCUT2D eigenvalue weighted by Gasteiger charge is -2.10. The third-order valence-electron chi connectivity index (χ3n) is 3.12. The Morgan fingerprint density at radius 1 is 1.00 bits per heavy atom. The van der Waals surface area contributed by atoms with Gasteiger partial charge in [0.05, 0.1) is 16.0 Å². The van der Waals surface area contributed by atoms with Crippen LogP contribution in [0.4, 0.5) is 18.9 Å². The summed E-state index contributed by atoms with van der Waals surface area (Å²) < 4.78 is 39.7. The molecule has 1 heterocycles. The maximum Gasteiger partial charge on any atom is 0.489 e. The van der Waals surface area contributed by atoms with E-state index in [0.29, 0.717) is 5.39 Å². The molecule has 4 nitrogen and oxygen atoms in total. The molecule has 0 saturated carbocycles. The Morgan fingerprint density at radius 3 is 2.30 bits per heavy atom. The van der Waals surface area contributed by atoms with E-state index in [0.717, 1.165) is 12.1 Å². The van der Waals surface area contributed by atoms with E-state index in [1.54, 1.807) is 6.07 Å². The molecule has 0 amide bonds. The SMILES string of the molecule is O=[N+]([O-])c1ccc2c(c1)c1ccccc1n2C(F)(F)F. The van der Waals surface area contributed by atoms with Crippen molar-refractivity contribution in [3.05, 3.63) is 52.6 Å². The smallest absolute Gasteiger partial charge is 0.258 e. The van der Waals surface area contributed by atoms with Crippen LogP contribution in [0.15, 0.2) is 42.5 Å². The van der Waals surface area contributed by atoms with Crippen molar-refractivity contribution in [1.82, 2.24) is 4.57 Å². The lowest BCUT2D eigenvalue weighted by Crippen LogP contribution is -2.15. The predicted molar refractivity (Wildman–Crippen MR) is 67.4 cm³/mol. The van der Waals surface area contributed by atoms with Crippen molar-refractivity contribution in [3.8, 4) is 0 Å². The van der Waals surface area contributed by atoms with Gasteiger partial charge in [-0.3, -0.25) is 14.7 Å². The van der Waals surface area contributed by atoms with Gasteiger partial charge in [0.1, 0.15) is 0 Å². The van der Waals surface area contributed by atoms with E-state index in [9.17, 15) is 23.3 Å². The molecule has 1 aromatic heterocycles. The molecule has 0 aliphatic rings. The number of para-hydroxylation sites is 1. The van der Waals surface area contributed by atoms with E-state index < -0.39 is 11.2 Å². The van der Waals surface area contributed by atoms with Crippen LogP contribution >= 0.6 is 0 Å². The van der Waals surface area contributed by atoms with Crippen molar-refractivity contribution in [2.24, 2.45) is 0 Å². The summed E-state index contributed by atoms with van der Waals surface area (Å²) in [6.45, 7) is 0. The van der Waals surface area contributed by atoms with Crippen molar-refractivity contribution < 1.29 is 18.1 Å². The van der Waals surface area contributed by atoms with Crippen LogP contribution in [0.2, 0.25) is 0 Å².